The summed E-state index contributed by atoms with van der Waals surface area (Å²) in [7, 11) is 1.16. The molecule has 1 aromatic rings. The largest absolute Gasteiger partial charge is 0.514 e. The molecule has 172 valence electrons. The molecule has 1 unspecified atom stereocenters. The number of nitrogens with zero attached hydrogens (tertiary/aromatic N) is 3. The number of nitro groups is 1. The number of rotatable bonds is 9. The summed E-state index contributed by atoms with van der Waals surface area (Å²) in [5, 5.41) is 30.7. The molecular formula is C20H23N3O9. The smallest absolute Gasteiger partial charge is 0.499 e. The molecule has 1 N–H and O–H groups in total. The topological polar surface area (TPSA) is 169 Å². The fraction of sp³-hybridized carbons (Fsp3) is 0.400. The number of hydrogen-bond acceptors (Lipinski definition) is 10. The fourth-order valence-corrected chi connectivity index (χ4v) is 2.54. The number of phenolic OH excluding ortho intramolecular Hbond substituents is 1. The van der Waals surface area contributed by atoms with E-state index in [-0.39, 0.29) is 17.6 Å². The summed E-state index contributed by atoms with van der Waals surface area (Å²) in [6.45, 7) is 5.51. The standard InChI is InChI=1S/C20H23N3O9/c1-5-22(6-2)19(26)14(11-21)8-13-9-15(23(28)29)18(25)16(10-13)32-20(27)31-12(3)7-17(24)30-4/h8-10,12,25H,5-7H2,1-4H3. The molecule has 1 rings (SSSR count). The lowest BCUT2D eigenvalue weighted by molar-refractivity contribution is -0.385. The third-order valence-corrected chi connectivity index (χ3v) is 4.16. The summed E-state index contributed by atoms with van der Waals surface area (Å²) < 4.78 is 14.2. The van der Waals surface area contributed by atoms with Crippen molar-refractivity contribution in [3.63, 3.8) is 0 Å². The number of ether oxygens (including phenoxy) is 3. The predicted octanol–water partition coefficient (Wildman–Crippen LogP) is 2.54. The molecule has 0 aliphatic carbocycles. The van der Waals surface area contributed by atoms with Gasteiger partial charge in [-0.05, 0) is 38.5 Å². The van der Waals surface area contributed by atoms with Crippen LogP contribution >= 0.6 is 0 Å². The molecule has 0 bridgehead atoms. The van der Waals surface area contributed by atoms with E-state index in [9.17, 15) is 34.9 Å². The van der Waals surface area contributed by atoms with Crippen LogP contribution in [0.15, 0.2) is 17.7 Å². The number of likely N-dealkylation sites (N-methyl/N-ethyl adjacent to an activating group) is 1. The molecule has 0 saturated heterocycles. The molecule has 1 amide bonds. The van der Waals surface area contributed by atoms with E-state index < -0.39 is 46.2 Å². The number of benzene rings is 1. The van der Waals surface area contributed by atoms with Crippen LogP contribution in [0.2, 0.25) is 0 Å². The van der Waals surface area contributed by atoms with Gasteiger partial charge in [0.2, 0.25) is 5.75 Å². The van der Waals surface area contributed by atoms with Crippen LogP contribution in [0.5, 0.6) is 11.5 Å². The van der Waals surface area contributed by atoms with Crippen molar-refractivity contribution >= 4 is 29.8 Å². The van der Waals surface area contributed by atoms with Gasteiger partial charge in [-0.25, -0.2) is 4.79 Å². The molecule has 32 heavy (non-hydrogen) atoms. The lowest BCUT2D eigenvalue weighted by Gasteiger charge is -2.17. The first-order chi connectivity index (χ1) is 15.1. The number of amides is 1. The van der Waals surface area contributed by atoms with Gasteiger partial charge in [-0.1, -0.05) is 0 Å². The van der Waals surface area contributed by atoms with Gasteiger partial charge in [0.05, 0.1) is 18.5 Å². The van der Waals surface area contributed by atoms with Crippen molar-refractivity contribution in [3.8, 4) is 17.6 Å². The molecule has 0 saturated carbocycles. The number of nitro benzene ring substituents is 1. The number of carbonyl (C=O) groups excluding carboxylic acids is 3. The zero-order valence-corrected chi connectivity index (χ0v) is 18.0. The van der Waals surface area contributed by atoms with Crippen LogP contribution in [0, 0.1) is 21.4 Å². The van der Waals surface area contributed by atoms with Crippen LogP contribution in [-0.4, -0.2) is 59.3 Å². The Hall–Kier alpha value is -4.14. The molecule has 0 radical (unpaired) electrons. The average Bonchev–Trinajstić information content (AvgIpc) is 2.74. The summed E-state index contributed by atoms with van der Waals surface area (Å²) in [5.41, 5.74) is -1.18. The molecule has 1 aromatic carbocycles. The SMILES string of the molecule is CCN(CC)C(=O)C(C#N)=Cc1cc(OC(=O)OC(C)CC(=O)OC)c(O)c([N+](=O)[O-])c1. The van der Waals surface area contributed by atoms with Crippen molar-refractivity contribution < 1.29 is 38.6 Å². The van der Waals surface area contributed by atoms with E-state index in [1.165, 1.54) is 11.8 Å². The highest BCUT2D eigenvalue weighted by molar-refractivity contribution is 6.01. The minimum atomic E-state index is -1.34. The summed E-state index contributed by atoms with van der Waals surface area (Å²) >= 11 is 0. The number of phenols is 1. The van der Waals surface area contributed by atoms with Crippen LogP contribution in [0.1, 0.15) is 32.8 Å². The number of carbonyl (C=O) groups is 3. The average molecular weight is 449 g/mol. The molecular weight excluding hydrogens is 426 g/mol. The van der Waals surface area contributed by atoms with Gasteiger partial charge >= 0.3 is 17.8 Å². The van der Waals surface area contributed by atoms with E-state index >= 15 is 0 Å². The number of aromatic hydroxyl groups is 1. The molecule has 1 atom stereocenters. The Bertz CT molecular complexity index is 962. The van der Waals surface area contributed by atoms with Gasteiger partial charge in [0.25, 0.3) is 5.91 Å². The lowest BCUT2D eigenvalue weighted by atomic mass is 10.1. The normalized spacial score (nSPS) is 11.7. The molecule has 0 heterocycles. The third kappa shape index (κ3) is 6.98. The maximum absolute atomic E-state index is 12.4. The van der Waals surface area contributed by atoms with E-state index in [0.717, 1.165) is 25.3 Å². The first kappa shape index (κ1) is 25.9. The maximum atomic E-state index is 12.4. The van der Waals surface area contributed by atoms with Gasteiger partial charge in [0.15, 0.2) is 5.75 Å². The van der Waals surface area contributed by atoms with Crippen molar-refractivity contribution in [2.24, 2.45) is 0 Å². The van der Waals surface area contributed by atoms with Gasteiger partial charge in [-0.2, -0.15) is 5.26 Å². The van der Waals surface area contributed by atoms with Crippen LogP contribution in [0.4, 0.5) is 10.5 Å². The third-order valence-electron chi connectivity index (χ3n) is 4.16. The summed E-state index contributed by atoms with van der Waals surface area (Å²) in [5.74, 6) is -2.82. The van der Waals surface area contributed by atoms with Crippen molar-refractivity contribution in [3.05, 3.63) is 33.4 Å². The van der Waals surface area contributed by atoms with Crippen molar-refractivity contribution in [2.75, 3.05) is 20.2 Å². The second kappa shape index (κ2) is 11.9. The molecule has 12 nitrogen and oxygen atoms in total. The van der Waals surface area contributed by atoms with Crippen LogP contribution < -0.4 is 4.74 Å². The lowest BCUT2D eigenvalue weighted by Crippen LogP contribution is -2.31. The monoisotopic (exact) mass is 449 g/mol. The van der Waals surface area contributed by atoms with Gasteiger partial charge in [-0.15, -0.1) is 0 Å². The Morgan fingerprint density at radius 3 is 2.44 bits per heavy atom. The fourth-order valence-electron chi connectivity index (χ4n) is 2.54. The number of hydrogen-bond donors (Lipinski definition) is 1. The quantitative estimate of drug-likeness (QED) is 0.148. The predicted molar refractivity (Wildman–Crippen MR) is 109 cm³/mol. The molecule has 12 heteroatoms. The number of nitriles is 1. The summed E-state index contributed by atoms with van der Waals surface area (Å²) in [4.78, 5) is 47.4. The highest BCUT2D eigenvalue weighted by Gasteiger charge is 2.24. The van der Waals surface area contributed by atoms with Crippen LogP contribution in [-0.2, 0) is 19.1 Å². The molecule has 0 aromatic heterocycles. The Morgan fingerprint density at radius 2 is 1.94 bits per heavy atom. The minimum Gasteiger partial charge on any atom is -0.499 e. The van der Waals surface area contributed by atoms with Crippen molar-refractivity contribution in [1.29, 1.82) is 5.26 Å². The van der Waals surface area contributed by atoms with Gasteiger partial charge in [-0.3, -0.25) is 19.7 Å². The molecule has 0 aliphatic rings. The second-order valence-electron chi connectivity index (χ2n) is 6.35. The second-order valence-corrected chi connectivity index (χ2v) is 6.35. The Kier molecular flexibility index (Phi) is 9.63. The summed E-state index contributed by atoms with van der Waals surface area (Å²) in [6.07, 6.45) is -1.47. The van der Waals surface area contributed by atoms with Gasteiger partial charge in [0.1, 0.15) is 17.7 Å². The van der Waals surface area contributed by atoms with E-state index in [1.807, 2.05) is 0 Å². The first-order valence-electron chi connectivity index (χ1n) is 9.45. The Morgan fingerprint density at radius 1 is 1.31 bits per heavy atom. The van der Waals surface area contributed by atoms with E-state index in [4.69, 9.17) is 9.47 Å². The van der Waals surface area contributed by atoms with Crippen LogP contribution in [0.25, 0.3) is 6.08 Å². The van der Waals surface area contributed by atoms with Crippen molar-refractivity contribution in [1.82, 2.24) is 4.90 Å². The van der Waals surface area contributed by atoms with Gasteiger partial charge in [0, 0.05) is 19.2 Å². The summed E-state index contributed by atoms with van der Waals surface area (Å²) in [6, 6.07) is 3.68. The highest BCUT2D eigenvalue weighted by Crippen LogP contribution is 2.38. The van der Waals surface area contributed by atoms with E-state index in [2.05, 4.69) is 4.74 Å². The van der Waals surface area contributed by atoms with Crippen LogP contribution in [0.3, 0.4) is 0 Å². The zero-order chi connectivity index (χ0) is 24.4. The Balaban J connectivity index is 3.29. The maximum Gasteiger partial charge on any atom is 0.514 e. The zero-order valence-electron chi connectivity index (χ0n) is 18.0. The van der Waals surface area contributed by atoms with Crippen molar-refractivity contribution in [2.45, 2.75) is 33.3 Å². The van der Waals surface area contributed by atoms with E-state index in [0.29, 0.717) is 13.1 Å². The number of methoxy groups -OCH3 is 1. The Labute approximate surface area is 183 Å². The molecule has 0 aliphatic heterocycles. The first-order valence-corrected chi connectivity index (χ1v) is 9.45. The minimum absolute atomic E-state index is 0.0445. The number of esters is 1. The molecule has 0 fully saturated rings. The molecule has 0 spiro atoms. The van der Waals surface area contributed by atoms with Gasteiger partial charge < -0.3 is 24.2 Å². The van der Waals surface area contributed by atoms with E-state index in [1.54, 1.807) is 19.9 Å². The highest BCUT2D eigenvalue weighted by atomic mass is 16.7.